The molecule has 10 nitrogen and oxygen atoms in total. The van der Waals surface area contributed by atoms with E-state index in [1.54, 1.807) is 31.2 Å². The third-order valence-electron chi connectivity index (χ3n) is 5.50. The number of sulfone groups is 1. The molecule has 0 aliphatic carbocycles. The van der Waals surface area contributed by atoms with Gasteiger partial charge in [0.2, 0.25) is 15.2 Å². The van der Waals surface area contributed by atoms with E-state index >= 15 is 0 Å². The minimum Gasteiger partial charge on any atom is -0.459 e. The SMILES string of the molecule is Cc1ccc(S(=O)(=O)[C@@H](NC(=O)c2ccco2)C(=O)N2CCN(C(=O)c3ccco3)CC2)cc1. The molecule has 4 rings (SSSR count). The van der Waals surface area contributed by atoms with E-state index in [4.69, 9.17) is 8.83 Å². The summed E-state index contributed by atoms with van der Waals surface area (Å²) in [5.41, 5.74) is 0.846. The molecule has 2 aromatic heterocycles. The lowest BCUT2D eigenvalue weighted by molar-refractivity contribution is -0.132. The zero-order valence-corrected chi connectivity index (χ0v) is 19.2. The number of nitrogens with one attached hydrogen (secondary N) is 1. The van der Waals surface area contributed by atoms with E-state index in [9.17, 15) is 22.8 Å². The number of benzene rings is 1. The lowest BCUT2D eigenvalue weighted by atomic mass is 10.2. The van der Waals surface area contributed by atoms with E-state index < -0.39 is 27.0 Å². The van der Waals surface area contributed by atoms with Gasteiger partial charge in [0.1, 0.15) is 0 Å². The first-order valence-corrected chi connectivity index (χ1v) is 12.1. The van der Waals surface area contributed by atoms with Gasteiger partial charge in [0.25, 0.3) is 17.7 Å². The molecule has 178 valence electrons. The molecule has 1 saturated heterocycles. The monoisotopic (exact) mass is 485 g/mol. The average Bonchev–Trinajstić information content (AvgIpc) is 3.57. The van der Waals surface area contributed by atoms with E-state index in [-0.39, 0.29) is 48.5 Å². The fourth-order valence-electron chi connectivity index (χ4n) is 3.59. The van der Waals surface area contributed by atoms with Gasteiger partial charge >= 0.3 is 0 Å². The highest BCUT2D eigenvalue weighted by molar-refractivity contribution is 7.92. The molecule has 1 fully saturated rings. The van der Waals surface area contributed by atoms with Crippen LogP contribution in [0.3, 0.4) is 0 Å². The van der Waals surface area contributed by atoms with Gasteiger partial charge in [-0.15, -0.1) is 0 Å². The molecule has 1 aliphatic rings. The first kappa shape index (κ1) is 23.3. The highest BCUT2D eigenvalue weighted by Crippen LogP contribution is 2.19. The van der Waals surface area contributed by atoms with Crippen LogP contribution >= 0.6 is 0 Å². The van der Waals surface area contributed by atoms with Crippen LogP contribution in [-0.4, -0.2) is 67.5 Å². The highest BCUT2D eigenvalue weighted by Gasteiger charge is 2.40. The molecule has 0 radical (unpaired) electrons. The molecule has 3 aromatic rings. The number of nitrogens with zero attached hydrogens (tertiary/aromatic N) is 2. The molecular weight excluding hydrogens is 462 g/mol. The minimum atomic E-state index is -4.28. The smallest absolute Gasteiger partial charge is 0.289 e. The van der Waals surface area contributed by atoms with Crippen molar-refractivity contribution in [3.8, 4) is 0 Å². The van der Waals surface area contributed by atoms with Crippen LogP contribution in [0.4, 0.5) is 0 Å². The van der Waals surface area contributed by atoms with Gasteiger partial charge in [-0.05, 0) is 43.3 Å². The van der Waals surface area contributed by atoms with Crippen molar-refractivity contribution in [1.29, 1.82) is 0 Å². The van der Waals surface area contributed by atoms with E-state index in [0.29, 0.717) is 0 Å². The van der Waals surface area contributed by atoms with Gasteiger partial charge in [0.05, 0.1) is 17.4 Å². The summed E-state index contributed by atoms with van der Waals surface area (Å²) in [6.45, 7) is 2.38. The van der Waals surface area contributed by atoms with Crippen LogP contribution in [0.5, 0.6) is 0 Å². The van der Waals surface area contributed by atoms with Gasteiger partial charge in [-0.1, -0.05) is 17.7 Å². The zero-order chi connectivity index (χ0) is 24.3. The molecule has 1 aliphatic heterocycles. The van der Waals surface area contributed by atoms with E-state index in [2.05, 4.69) is 5.32 Å². The van der Waals surface area contributed by atoms with E-state index in [0.717, 1.165) is 5.56 Å². The zero-order valence-electron chi connectivity index (χ0n) is 18.3. The van der Waals surface area contributed by atoms with Crippen LogP contribution in [0.25, 0.3) is 0 Å². The maximum Gasteiger partial charge on any atom is 0.289 e. The third-order valence-corrected chi connectivity index (χ3v) is 7.37. The van der Waals surface area contributed by atoms with Crippen LogP contribution < -0.4 is 5.32 Å². The highest BCUT2D eigenvalue weighted by atomic mass is 32.2. The van der Waals surface area contributed by atoms with Gasteiger partial charge in [-0.2, -0.15) is 0 Å². The molecule has 0 spiro atoms. The van der Waals surface area contributed by atoms with Crippen LogP contribution in [0.2, 0.25) is 0 Å². The van der Waals surface area contributed by atoms with Crippen molar-refractivity contribution in [2.24, 2.45) is 0 Å². The third kappa shape index (κ3) is 4.74. The predicted octanol–water partition coefficient (Wildman–Crippen LogP) is 1.70. The first-order valence-electron chi connectivity index (χ1n) is 10.5. The number of aryl methyl sites for hydroxylation is 1. The van der Waals surface area contributed by atoms with E-state index in [1.807, 2.05) is 0 Å². The lowest BCUT2D eigenvalue weighted by Crippen LogP contribution is -2.57. The van der Waals surface area contributed by atoms with Crippen molar-refractivity contribution >= 4 is 27.6 Å². The van der Waals surface area contributed by atoms with Gasteiger partial charge in [-0.3, -0.25) is 14.4 Å². The molecular formula is C23H23N3O7S. The van der Waals surface area contributed by atoms with Crippen LogP contribution in [0, 0.1) is 6.92 Å². The molecule has 0 saturated carbocycles. The van der Waals surface area contributed by atoms with Gasteiger partial charge in [0.15, 0.2) is 11.5 Å². The number of furan rings is 2. The molecule has 0 unspecified atom stereocenters. The van der Waals surface area contributed by atoms with Gasteiger partial charge in [0, 0.05) is 26.2 Å². The number of amides is 3. The quantitative estimate of drug-likeness (QED) is 0.562. The molecule has 1 N–H and O–H groups in total. The Kier molecular flexibility index (Phi) is 6.55. The Morgan fingerprint density at radius 3 is 1.97 bits per heavy atom. The van der Waals surface area contributed by atoms with Crippen LogP contribution in [-0.2, 0) is 14.6 Å². The summed E-state index contributed by atoms with van der Waals surface area (Å²) in [4.78, 5) is 41.2. The topological polar surface area (TPSA) is 130 Å². The normalized spacial score (nSPS) is 15.1. The summed E-state index contributed by atoms with van der Waals surface area (Å²) in [5, 5.41) is 0.458. The Labute approximate surface area is 196 Å². The summed E-state index contributed by atoms with van der Waals surface area (Å²) in [6.07, 6.45) is 2.67. The molecule has 11 heteroatoms. The Bertz CT molecular complexity index is 1260. The minimum absolute atomic E-state index is 0.0946. The second kappa shape index (κ2) is 9.56. The van der Waals surface area contributed by atoms with Crippen molar-refractivity contribution in [2.45, 2.75) is 17.2 Å². The molecule has 3 heterocycles. The fourth-order valence-corrected chi connectivity index (χ4v) is 5.05. The first-order chi connectivity index (χ1) is 16.3. The number of carbonyl (C=O) groups excluding carboxylic acids is 3. The van der Waals surface area contributed by atoms with Crippen molar-refractivity contribution in [1.82, 2.24) is 15.1 Å². The number of hydrogen-bond acceptors (Lipinski definition) is 7. The molecule has 34 heavy (non-hydrogen) atoms. The maximum absolute atomic E-state index is 13.4. The predicted molar refractivity (Wildman–Crippen MR) is 120 cm³/mol. The Balaban J connectivity index is 1.55. The maximum atomic E-state index is 13.4. The summed E-state index contributed by atoms with van der Waals surface area (Å²) in [7, 11) is -4.28. The number of hydrogen-bond donors (Lipinski definition) is 1. The van der Waals surface area contributed by atoms with Crippen LogP contribution in [0.15, 0.2) is 74.8 Å². The van der Waals surface area contributed by atoms with Gasteiger partial charge < -0.3 is 24.0 Å². The Morgan fingerprint density at radius 1 is 0.853 bits per heavy atom. The molecule has 3 amide bonds. The van der Waals surface area contributed by atoms with E-state index in [1.165, 1.54) is 46.6 Å². The summed E-state index contributed by atoms with van der Waals surface area (Å²) >= 11 is 0. The van der Waals surface area contributed by atoms with Crippen LogP contribution in [0.1, 0.15) is 26.7 Å². The fraction of sp³-hybridized carbons (Fsp3) is 0.261. The number of carbonyl (C=O) groups is 3. The number of rotatable bonds is 6. The van der Waals surface area contributed by atoms with Crippen molar-refractivity contribution in [3.05, 3.63) is 78.1 Å². The molecule has 0 bridgehead atoms. The number of piperazine rings is 1. The Morgan fingerprint density at radius 2 is 1.41 bits per heavy atom. The largest absolute Gasteiger partial charge is 0.459 e. The lowest BCUT2D eigenvalue weighted by Gasteiger charge is -2.36. The van der Waals surface area contributed by atoms with Crippen molar-refractivity contribution < 1.29 is 31.6 Å². The Hall–Kier alpha value is -3.86. The summed E-state index contributed by atoms with van der Waals surface area (Å²) < 4.78 is 37.0. The average molecular weight is 486 g/mol. The van der Waals surface area contributed by atoms with Gasteiger partial charge in [-0.25, -0.2) is 8.42 Å². The standard InChI is InChI=1S/C23H23N3O7S/c1-16-6-8-17(9-7-16)34(30,31)21(24-20(27)18-4-2-14-32-18)23(29)26-12-10-25(11-13-26)22(28)19-5-3-15-33-19/h2-9,14-15,21H,10-13H2,1H3,(H,24,27)/t21-/m1/s1. The van der Waals surface area contributed by atoms with Crippen molar-refractivity contribution in [2.75, 3.05) is 26.2 Å². The molecule has 1 atom stereocenters. The van der Waals surface area contributed by atoms with Crippen molar-refractivity contribution in [3.63, 3.8) is 0 Å². The summed E-state index contributed by atoms with van der Waals surface area (Å²) in [5.74, 6) is -1.86. The second-order valence-electron chi connectivity index (χ2n) is 7.78. The molecule has 1 aromatic carbocycles. The second-order valence-corrected chi connectivity index (χ2v) is 9.82. The summed E-state index contributed by atoms with van der Waals surface area (Å²) in [6, 6.07) is 12.0.